The van der Waals surface area contributed by atoms with E-state index in [2.05, 4.69) is 11.6 Å². The number of piperidine rings is 1. The van der Waals surface area contributed by atoms with Crippen LogP contribution in [0.3, 0.4) is 0 Å². The number of hydrogen-bond donors (Lipinski definition) is 1. The zero-order valence-electron chi connectivity index (χ0n) is 15.7. The molecule has 1 saturated heterocycles. The topological polar surface area (TPSA) is 83.6 Å². The van der Waals surface area contributed by atoms with Crippen molar-refractivity contribution < 1.29 is 16.8 Å². The van der Waals surface area contributed by atoms with Gasteiger partial charge in [0.1, 0.15) is 0 Å². The van der Waals surface area contributed by atoms with Gasteiger partial charge in [0.2, 0.25) is 20.0 Å². The van der Waals surface area contributed by atoms with Crippen LogP contribution in [0.1, 0.15) is 45.4 Å². The first kappa shape index (κ1) is 19.4. The highest BCUT2D eigenvalue weighted by atomic mass is 32.2. The molecule has 1 aliphatic heterocycles. The van der Waals surface area contributed by atoms with E-state index in [4.69, 9.17) is 0 Å². The van der Waals surface area contributed by atoms with Crippen LogP contribution in [0, 0.1) is 17.8 Å². The molecule has 0 radical (unpaired) electrons. The number of hydrogen-bond acceptors (Lipinski definition) is 4. The van der Waals surface area contributed by atoms with Gasteiger partial charge in [0.15, 0.2) is 0 Å². The van der Waals surface area contributed by atoms with Gasteiger partial charge >= 0.3 is 0 Å². The van der Waals surface area contributed by atoms with Gasteiger partial charge in [-0.05, 0) is 74.1 Å². The molecule has 150 valence electrons. The molecule has 1 heterocycles. The predicted molar refractivity (Wildman–Crippen MR) is 103 cm³/mol. The summed E-state index contributed by atoms with van der Waals surface area (Å²) in [6.45, 7) is 3.18. The van der Waals surface area contributed by atoms with Crippen LogP contribution in [0.5, 0.6) is 0 Å². The summed E-state index contributed by atoms with van der Waals surface area (Å²) in [6, 6.07) is 5.68. The molecule has 2 saturated carbocycles. The largest absolute Gasteiger partial charge is 0.243 e. The van der Waals surface area contributed by atoms with Gasteiger partial charge in [0.25, 0.3) is 0 Å². The van der Waals surface area contributed by atoms with E-state index >= 15 is 0 Å². The van der Waals surface area contributed by atoms with Crippen molar-refractivity contribution in [3.63, 3.8) is 0 Å². The first-order valence-corrected chi connectivity index (χ1v) is 12.8. The van der Waals surface area contributed by atoms with E-state index < -0.39 is 20.0 Å². The van der Waals surface area contributed by atoms with Crippen LogP contribution in [0.25, 0.3) is 0 Å². The molecule has 3 fully saturated rings. The van der Waals surface area contributed by atoms with Crippen molar-refractivity contribution >= 4 is 20.0 Å². The second-order valence-electron chi connectivity index (χ2n) is 8.46. The number of fused-ring (bicyclic) bond motifs is 2. The Balaban J connectivity index is 1.48. The number of rotatable bonds is 5. The molecule has 2 bridgehead atoms. The Labute approximate surface area is 162 Å². The van der Waals surface area contributed by atoms with Gasteiger partial charge < -0.3 is 0 Å². The Morgan fingerprint density at radius 1 is 0.889 bits per heavy atom. The first-order valence-electron chi connectivity index (χ1n) is 9.88. The number of nitrogens with one attached hydrogen (secondary N) is 1. The third-order valence-electron chi connectivity index (χ3n) is 6.56. The summed E-state index contributed by atoms with van der Waals surface area (Å²) in [5.74, 6) is 1.65. The van der Waals surface area contributed by atoms with Crippen molar-refractivity contribution in [3.05, 3.63) is 24.3 Å². The molecule has 4 rings (SSSR count). The third-order valence-corrected chi connectivity index (χ3v) is 9.98. The van der Waals surface area contributed by atoms with Gasteiger partial charge in [-0.15, -0.1) is 0 Å². The van der Waals surface area contributed by atoms with Crippen LogP contribution < -0.4 is 4.72 Å². The highest BCUT2D eigenvalue weighted by Crippen LogP contribution is 2.44. The van der Waals surface area contributed by atoms with Gasteiger partial charge in [-0.3, -0.25) is 0 Å². The number of nitrogens with zero attached hydrogens (tertiary/aromatic N) is 1. The second kappa shape index (κ2) is 7.13. The average molecular weight is 413 g/mol. The average Bonchev–Trinajstić information content (AvgIpc) is 3.25. The van der Waals surface area contributed by atoms with Crippen LogP contribution in [-0.4, -0.2) is 40.3 Å². The van der Waals surface area contributed by atoms with Gasteiger partial charge in [-0.25, -0.2) is 21.6 Å². The lowest BCUT2D eigenvalue weighted by atomic mass is 9.96. The lowest BCUT2D eigenvalue weighted by Crippen LogP contribution is -2.38. The quantitative estimate of drug-likeness (QED) is 0.806. The highest BCUT2D eigenvalue weighted by Gasteiger charge is 2.41. The lowest BCUT2D eigenvalue weighted by Gasteiger charge is -2.29. The zero-order chi connectivity index (χ0) is 19.2. The maximum absolute atomic E-state index is 12.8. The van der Waals surface area contributed by atoms with Gasteiger partial charge in [0, 0.05) is 19.1 Å². The van der Waals surface area contributed by atoms with E-state index in [-0.39, 0.29) is 15.8 Å². The minimum Gasteiger partial charge on any atom is -0.208 e. The smallest absolute Gasteiger partial charge is 0.208 e. The van der Waals surface area contributed by atoms with Crippen molar-refractivity contribution in [1.29, 1.82) is 0 Å². The summed E-state index contributed by atoms with van der Waals surface area (Å²) in [5.41, 5.74) is 0. The summed E-state index contributed by atoms with van der Waals surface area (Å²) in [6.07, 6.45) is 6.08. The van der Waals surface area contributed by atoms with Crippen molar-refractivity contribution in [2.45, 2.75) is 61.3 Å². The number of sulfonamides is 2. The molecule has 0 aromatic heterocycles. The molecule has 0 unspecified atom stereocenters. The SMILES string of the molecule is CC1CCN(S(=O)(=O)c2ccc(S(=O)(=O)N[C@H]3C[C@H]4CC[C@@H]3C4)cc2)CC1. The van der Waals surface area contributed by atoms with E-state index in [1.807, 2.05) is 0 Å². The molecule has 6 nitrogen and oxygen atoms in total. The lowest BCUT2D eigenvalue weighted by molar-refractivity contribution is 0.288. The fraction of sp³-hybridized carbons (Fsp3) is 0.684. The third kappa shape index (κ3) is 3.81. The van der Waals surface area contributed by atoms with Crippen LogP contribution >= 0.6 is 0 Å². The molecular weight excluding hydrogens is 384 g/mol. The van der Waals surface area contributed by atoms with Crippen LogP contribution in [0.4, 0.5) is 0 Å². The molecule has 0 spiro atoms. The summed E-state index contributed by atoms with van der Waals surface area (Å²) in [4.78, 5) is 0.299. The Kier molecular flexibility index (Phi) is 5.12. The van der Waals surface area contributed by atoms with Gasteiger partial charge in [-0.1, -0.05) is 13.3 Å². The Morgan fingerprint density at radius 3 is 2.07 bits per heavy atom. The molecular formula is C19H28N2O4S2. The van der Waals surface area contributed by atoms with E-state index in [0.29, 0.717) is 30.8 Å². The highest BCUT2D eigenvalue weighted by molar-refractivity contribution is 7.89. The fourth-order valence-corrected chi connectivity index (χ4v) is 7.61. The summed E-state index contributed by atoms with van der Waals surface area (Å²) >= 11 is 0. The van der Waals surface area contributed by atoms with Gasteiger partial charge in [0.05, 0.1) is 9.79 Å². The van der Waals surface area contributed by atoms with Crippen molar-refractivity contribution in [2.75, 3.05) is 13.1 Å². The van der Waals surface area contributed by atoms with Crippen LogP contribution in [0.15, 0.2) is 34.1 Å². The van der Waals surface area contributed by atoms with E-state index in [9.17, 15) is 16.8 Å². The normalized spacial score (nSPS) is 30.0. The van der Waals surface area contributed by atoms with Gasteiger partial charge in [-0.2, -0.15) is 4.31 Å². The minimum atomic E-state index is -3.62. The first-order chi connectivity index (χ1) is 12.8. The van der Waals surface area contributed by atoms with E-state index in [1.54, 1.807) is 0 Å². The summed E-state index contributed by atoms with van der Waals surface area (Å²) < 4.78 is 55.3. The second-order valence-corrected chi connectivity index (χ2v) is 12.1. The van der Waals surface area contributed by atoms with Crippen molar-refractivity contribution in [2.24, 2.45) is 17.8 Å². The molecule has 3 atom stereocenters. The predicted octanol–water partition coefficient (Wildman–Crippen LogP) is 2.57. The molecule has 0 amide bonds. The van der Waals surface area contributed by atoms with E-state index in [1.165, 1.54) is 35.0 Å². The Bertz CT molecular complexity index is 888. The van der Waals surface area contributed by atoms with Crippen molar-refractivity contribution in [3.8, 4) is 0 Å². The Morgan fingerprint density at radius 2 is 1.52 bits per heavy atom. The van der Waals surface area contributed by atoms with Crippen LogP contribution in [0.2, 0.25) is 0 Å². The minimum absolute atomic E-state index is 0.0208. The maximum Gasteiger partial charge on any atom is 0.243 e. The molecule has 2 aliphatic carbocycles. The molecule has 1 aromatic carbocycles. The maximum atomic E-state index is 12.8. The zero-order valence-corrected chi connectivity index (χ0v) is 17.3. The molecule has 1 aromatic rings. The molecule has 1 N–H and O–H groups in total. The number of benzene rings is 1. The standard InChI is InChI=1S/C19H28N2O4S2/c1-14-8-10-21(11-9-14)27(24,25)18-6-4-17(5-7-18)26(22,23)20-19-13-15-2-3-16(19)12-15/h4-7,14-16,19-20H,2-3,8-13H2,1H3/t15-,16+,19-/m0/s1. The molecule has 8 heteroatoms. The van der Waals surface area contributed by atoms with Crippen LogP contribution in [-0.2, 0) is 20.0 Å². The van der Waals surface area contributed by atoms with Crippen molar-refractivity contribution in [1.82, 2.24) is 9.03 Å². The summed E-state index contributed by atoms with van der Waals surface area (Å²) in [7, 11) is -7.18. The van der Waals surface area contributed by atoms with E-state index in [0.717, 1.165) is 32.1 Å². The fourth-order valence-electron chi connectivity index (χ4n) is 4.82. The molecule has 3 aliphatic rings. The monoisotopic (exact) mass is 412 g/mol. The summed E-state index contributed by atoms with van der Waals surface area (Å²) in [5, 5.41) is 0. The molecule has 27 heavy (non-hydrogen) atoms. The Hall–Kier alpha value is -0.960.